The largest absolute Gasteiger partial charge is 0.371 e. The molecular formula is C37H77NO4P+. The van der Waals surface area contributed by atoms with Gasteiger partial charge in [0.15, 0.2) is 0 Å². The minimum Gasteiger partial charge on any atom is -0.371 e. The molecule has 5 nitrogen and oxygen atoms in total. The molecule has 3 atom stereocenters. The lowest BCUT2D eigenvalue weighted by molar-refractivity contribution is -0.873. The molecule has 1 aliphatic rings. The number of unbranched alkanes of at least 4 members (excludes halogenated alkanes) is 11. The predicted molar refractivity (Wildman–Crippen MR) is 187 cm³/mol. The lowest BCUT2D eigenvalue weighted by Gasteiger charge is -2.37. The van der Waals surface area contributed by atoms with E-state index >= 15 is 0 Å². The molecule has 0 aliphatic carbocycles. The molecule has 3 unspecified atom stereocenters. The Labute approximate surface area is 269 Å². The Morgan fingerprint density at radius 3 is 1.42 bits per heavy atom. The second-order valence-electron chi connectivity index (χ2n) is 15.1. The summed E-state index contributed by atoms with van der Waals surface area (Å²) >= 11 is 0. The molecule has 0 aromatic heterocycles. The van der Waals surface area contributed by atoms with Crippen molar-refractivity contribution in [3.63, 3.8) is 0 Å². The highest BCUT2D eigenvalue weighted by molar-refractivity contribution is 7.52. The van der Waals surface area contributed by atoms with Crippen molar-refractivity contribution in [2.45, 2.75) is 198 Å². The first-order chi connectivity index (χ1) is 20.6. The number of quaternary nitrogens is 1. The Hall–Kier alpha value is 0.0700. The van der Waals surface area contributed by atoms with Crippen molar-refractivity contribution >= 4 is 7.60 Å². The maximum Gasteiger partial charge on any atom is 0.331 e. The van der Waals surface area contributed by atoms with Crippen molar-refractivity contribution in [3.8, 4) is 0 Å². The zero-order chi connectivity index (χ0) is 31.7. The van der Waals surface area contributed by atoms with E-state index in [2.05, 4.69) is 28.1 Å². The summed E-state index contributed by atoms with van der Waals surface area (Å²) in [6.45, 7) is 3.54. The van der Waals surface area contributed by atoms with Crippen LogP contribution in [0.25, 0.3) is 0 Å². The Bertz CT molecular complexity index is 661. The highest BCUT2D eigenvalue weighted by Gasteiger charge is 2.44. The number of rotatable bonds is 16. The van der Waals surface area contributed by atoms with Gasteiger partial charge in [0, 0.05) is 6.61 Å². The van der Waals surface area contributed by atoms with Gasteiger partial charge in [0.25, 0.3) is 0 Å². The molecular weight excluding hydrogens is 553 g/mol. The van der Waals surface area contributed by atoms with Gasteiger partial charge in [0.05, 0.1) is 26.8 Å². The SMILES string of the molecule is CCCCCCCCCCCCCCC1CCCCCCCCCCCCCCCCOC(C[N+](C)(C)C)C1P(=O)(O)O. The van der Waals surface area contributed by atoms with Crippen molar-refractivity contribution in [2.75, 3.05) is 34.3 Å². The topological polar surface area (TPSA) is 66.8 Å². The smallest absolute Gasteiger partial charge is 0.331 e. The summed E-state index contributed by atoms with van der Waals surface area (Å²) in [6.07, 6.45) is 34.9. The van der Waals surface area contributed by atoms with Crippen LogP contribution >= 0.6 is 7.60 Å². The standard InChI is InChI=1S/C37H76NO4P/c1-5-6-7-8-9-10-11-16-19-22-25-28-31-35-32-29-26-23-20-17-14-12-13-15-18-21-24-27-30-33-42-36(34-38(2,3)4)37(35)43(39,40)41/h35-37H,5-34H2,1-4H3,(H-,39,40,41)/p+1. The van der Waals surface area contributed by atoms with Crippen LogP contribution in [0, 0.1) is 5.92 Å². The van der Waals surface area contributed by atoms with Crippen LogP contribution in [0.4, 0.5) is 0 Å². The summed E-state index contributed by atoms with van der Waals surface area (Å²) in [5.74, 6) is 0.0334. The molecule has 0 saturated carbocycles. The molecule has 2 N–H and O–H groups in total. The fourth-order valence-electron chi connectivity index (χ4n) is 7.19. The molecule has 0 aromatic carbocycles. The quantitative estimate of drug-likeness (QED) is 0.101. The summed E-state index contributed by atoms with van der Waals surface area (Å²) in [5, 5.41) is 0. The van der Waals surface area contributed by atoms with Gasteiger partial charge in [-0.05, 0) is 25.2 Å². The Balaban J connectivity index is 2.77. The van der Waals surface area contributed by atoms with E-state index in [0.717, 1.165) is 38.5 Å². The van der Waals surface area contributed by atoms with E-state index < -0.39 is 19.4 Å². The molecule has 0 aromatic rings. The van der Waals surface area contributed by atoms with Crippen molar-refractivity contribution in [2.24, 2.45) is 5.92 Å². The third-order valence-electron chi connectivity index (χ3n) is 9.71. The van der Waals surface area contributed by atoms with Crippen LogP contribution in [0.1, 0.15) is 187 Å². The summed E-state index contributed by atoms with van der Waals surface area (Å²) < 4.78 is 20.3. The zero-order valence-electron chi connectivity index (χ0n) is 29.6. The number of hydrogen-bond acceptors (Lipinski definition) is 2. The van der Waals surface area contributed by atoms with Gasteiger partial charge < -0.3 is 19.0 Å². The number of ether oxygens (including phenoxy) is 1. The van der Waals surface area contributed by atoms with E-state index in [1.165, 1.54) is 141 Å². The van der Waals surface area contributed by atoms with Gasteiger partial charge in [0.1, 0.15) is 12.6 Å². The summed E-state index contributed by atoms with van der Waals surface area (Å²) in [7, 11) is 2.04. The Kier molecular flexibility index (Phi) is 25.0. The highest BCUT2D eigenvalue weighted by atomic mass is 31.2. The van der Waals surface area contributed by atoms with Crippen LogP contribution in [-0.2, 0) is 9.30 Å². The maximum absolute atomic E-state index is 13.2. The summed E-state index contributed by atoms with van der Waals surface area (Å²) in [4.78, 5) is 21.6. The van der Waals surface area contributed by atoms with Gasteiger partial charge in [-0.1, -0.05) is 167 Å². The molecule has 1 heterocycles. The summed E-state index contributed by atoms with van der Waals surface area (Å²) in [6, 6.07) is 0. The maximum atomic E-state index is 13.2. The molecule has 0 radical (unpaired) electrons. The average Bonchev–Trinajstić information content (AvgIpc) is 2.92. The fraction of sp³-hybridized carbons (Fsp3) is 1.00. The number of hydrogen-bond donors (Lipinski definition) is 2. The van der Waals surface area contributed by atoms with E-state index in [1.54, 1.807) is 0 Å². The van der Waals surface area contributed by atoms with Gasteiger partial charge in [-0.3, -0.25) is 4.57 Å². The minimum absolute atomic E-state index is 0.0334. The van der Waals surface area contributed by atoms with Gasteiger partial charge >= 0.3 is 7.60 Å². The van der Waals surface area contributed by atoms with Gasteiger partial charge in [-0.25, -0.2) is 0 Å². The molecule has 1 saturated heterocycles. The van der Waals surface area contributed by atoms with Gasteiger partial charge in [-0.15, -0.1) is 0 Å². The van der Waals surface area contributed by atoms with E-state index in [0.29, 0.717) is 17.6 Å². The van der Waals surface area contributed by atoms with Crippen molar-refractivity contribution in [1.82, 2.24) is 0 Å². The molecule has 43 heavy (non-hydrogen) atoms. The molecule has 258 valence electrons. The van der Waals surface area contributed by atoms with Gasteiger partial charge in [0.2, 0.25) is 0 Å². The van der Waals surface area contributed by atoms with Crippen LogP contribution < -0.4 is 0 Å². The minimum atomic E-state index is -4.32. The van der Waals surface area contributed by atoms with Crippen LogP contribution in [0.5, 0.6) is 0 Å². The first-order valence-electron chi connectivity index (χ1n) is 19.1. The zero-order valence-corrected chi connectivity index (χ0v) is 30.4. The van der Waals surface area contributed by atoms with Crippen LogP contribution in [0.3, 0.4) is 0 Å². The third-order valence-corrected chi connectivity index (χ3v) is 11.2. The first kappa shape index (κ1) is 41.1. The van der Waals surface area contributed by atoms with Crippen LogP contribution in [-0.4, -0.2) is 60.3 Å². The second-order valence-corrected chi connectivity index (χ2v) is 16.9. The Morgan fingerprint density at radius 1 is 0.605 bits per heavy atom. The number of likely N-dealkylation sites (N-methyl/N-ethyl adjacent to an activating group) is 1. The molecule has 1 fully saturated rings. The van der Waals surface area contributed by atoms with E-state index in [1.807, 2.05) is 0 Å². The average molecular weight is 631 g/mol. The lowest BCUT2D eigenvalue weighted by atomic mass is 9.88. The number of nitrogens with zero attached hydrogens (tertiary/aromatic N) is 1. The van der Waals surface area contributed by atoms with E-state index in [9.17, 15) is 14.4 Å². The van der Waals surface area contributed by atoms with Crippen molar-refractivity contribution in [3.05, 3.63) is 0 Å². The third kappa shape index (κ3) is 24.0. The molecule has 6 heteroatoms. The molecule has 1 aliphatic heterocycles. The lowest BCUT2D eigenvalue weighted by Crippen LogP contribution is -2.49. The first-order valence-corrected chi connectivity index (χ1v) is 20.8. The monoisotopic (exact) mass is 631 g/mol. The molecule has 0 bridgehead atoms. The molecule has 0 spiro atoms. The van der Waals surface area contributed by atoms with Crippen molar-refractivity contribution in [1.29, 1.82) is 0 Å². The Morgan fingerprint density at radius 2 is 1.00 bits per heavy atom. The van der Waals surface area contributed by atoms with Crippen molar-refractivity contribution < 1.29 is 23.6 Å². The van der Waals surface area contributed by atoms with Crippen LogP contribution in [0.2, 0.25) is 0 Å². The fourth-order valence-corrected chi connectivity index (χ4v) is 8.65. The van der Waals surface area contributed by atoms with Crippen LogP contribution in [0.15, 0.2) is 0 Å². The molecule has 1 rings (SSSR count). The van der Waals surface area contributed by atoms with Gasteiger partial charge in [-0.2, -0.15) is 0 Å². The second kappa shape index (κ2) is 26.2. The highest BCUT2D eigenvalue weighted by Crippen LogP contribution is 2.50. The summed E-state index contributed by atoms with van der Waals surface area (Å²) in [5.41, 5.74) is -0.692. The van der Waals surface area contributed by atoms with E-state index in [4.69, 9.17) is 4.74 Å². The van der Waals surface area contributed by atoms with E-state index in [-0.39, 0.29) is 5.92 Å². The predicted octanol–water partition coefficient (Wildman–Crippen LogP) is 11.2. The normalized spacial score (nSPS) is 23.6. The molecule has 0 amide bonds.